The Kier molecular flexibility index (Phi) is 1.05. The first kappa shape index (κ1) is 7.20. The van der Waals surface area contributed by atoms with Crippen LogP contribution < -0.4 is 0 Å². The molecule has 5 aliphatic rings. The Bertz CT molecular complexity index is 277. The maximum Gasteiger partial charge on any atom is 0.164 e. The predicted octanol–water partition coefficient (Wildman–Crippen LogP) is 1.13. The summed E-state index contributed by atoms with van der Waals surface area (Å²) >= 11 is 0. The van der Waals surface area contributed by atoms with Gasteiger partial charge in [0.25, 0.3) is 0 Å². The van der Waals surface area contributed by atoms with Crippen molar-refractivity contribution in [2.75, 3.05) is 0 Å². The third-order valence-corrected chi connectivity index (χ3v) is 5.16. The van der Waals surface area contributed by atoms with Crippen molar-refractivity contribution in [3.05, 3.63) is 0 Å². The van der Waals surface area contributed by atoms with Gasteiger partial charge in [0, 0.05) is 11.8 Å². The van der Waals surface area contributed by atoms with E-state index in [4.69, 9.17) is 14.2 Å². The molecule has 0 spiro atoms. The minimum Gasteiger partial charge on any atom is -0.349 e. The van der Waals surface area contributed by atoms with Crippen molar-refractivity contribution >= 4 is 0 Å². The average Bonchev–Trinajstić information content (AvgIpc) is 2.82. The van der Waals surface area contributed by atoms with Crippen molar-refractivity contribution < 1.29 is 14.2 Å². The monoisotopic (exact) mass is 194 g/mol. The standard InChI is InChI=1S/C11H14O3/c1-2-7-9-5-3-4-8(9)6(1)12-10(4)14-11(5)13-7/h4-11H,1-3H2/t4-,5+,6+,7-,8-,9-,10-,11+/m0/s1. The molecule has 14 heavy (non-hydrogen) atoms. The average molecular weight is 194 g/mol. The lowest BCUT2D eigenvalue weighted by Crippen LogP contribution is -2.36. The summed E-state index contributed by atoms with van der Waals surface area (Å²) in [6, 6.07) is 0. The number of rotatable bonds is 0. The molecule has 2 bridgehead atoms. The zero-order valence-electron chi connectivity index (χ0n) is 7.96. The van der Waals surface area contributed by atoms with E-state index in [1.54, 1.807) is 0 Å². The van der Waals surface area contributed by atoms with Gasteiger partial charge in [0.1, 0.15) is 0 Å². The van der Waals surface area contributed by atoms with E-state index in [-0.39, 0.29) is 12.6 Å². The molecular weight excluding hydrogens is 180 g/mol. The van der Waals surface area contributed by atoms with Gasteiger partial charge in [0.2, 0.25) is 0 Å². The summed E-state index contributed by atoms with van der Waals surface area (Å²) in [7, 11) is 0. The van der Waals surface area contributed by atoms with Crippen LogP contribution in [0.1, 0.15) is 19.3 Å². The van der Waals surface area contributed by atoms with Gasteiger partial charge in [0.05, 0.1) is 12.2 Å². The van der Waals surface area contributed by atoms with Crippen molar-refractivity contribution in [1.29, 1.82) is 0 Å². The molecule has 5 fully saturated rings. The Morgan fingerprint density at radius 3 is 1.86 bits per heavy atom. The molecule has 76 valence electrons. The molecule has 5 rings (SSSR count). The van der Waals surface area contributed by atoms with E-state index in [0.717, 1.165) is 11.8 Å². The Hall–Kier alpha value is -0.120. The molecule has 8 atom stereocenters. The van der Waals surface area contributed by atoms with Crippen LogP contribution in [0, 0.1) is 23.7 Å². The molecule has 0 aromatic heterocycles. The molecule has 3 nitrogen and oxygen atoms in total. The van der Waals surface area contributed by atoms with Crippen molar-refractivity contribution in [3.63, 3.8) is 0 Å². The normalized spacial score (nSPS) is 72.0. The fraction of sp³-hybridized carbons (Fsp3) is 1.00. The molecule has 0 aromatic carbocycles. The Labute approximate surface area is 82.7 Å². The summed E-state index contributed by atoms with van der Waals surface area (Å²) in [6.45, 7) is 0. The topological polar surface area (TPSA) is 27.7 Å². The Morgan fingerprint density at radius 2 is 1.29 bits per heavy atom. The minimum atomic E-state index is 0.0790. The molecule has 0 aromatic rings. The van der Waals surface area contributed by atoms with Crippen molar-refractivity contribution in [2.24, 2.45) is 23.7 Å². The fourth-order valence-electron chi connectivity index (χ4n) is 4.81. The largest absolute Gasteiger partial charge is 0.349 e. The van der Waals surface area contributed by atoms with Crippen LogP contribution in [0.4, 0.5) is 0 Å². The Balaban J connectivity index is 1.74. The van der Waals surface area contributed by atoms with Gasteiger partial charge in [-0.1, -0.05) is 0 Å². The quantitative estimate of drug-likeness (QED) is 0.578. The van der Waals surface area contributed by atoms with Crippen LogP contribution in [0.25, 0.3) is 0 Å². The summed E-state index contributed by atoms with van der Waals surface area (Å²) < 4.78 is 17.9. The molecule has 2 aliphatic carbocycles. The van der Waals surface area contributed by atoms with Crippen LogP contribution in [0.2, 0.25) is 0 Å². The lowest BCUT2D eigenvalue weighted by Gasteiger charge is -2.32. The highest BCUT2D eigenvalue weighted by molar-refractivity contribution is 5.11. The molecule has 0 N–H and O–H groups in total. The van der Waals surface area contributed by atoms with Gasteiger partial charge in [-0.15, -0.1) is 0 Å². The van der Waals surface area contributed by atoms with Gasteiger partial charge in [-0.2, -0.15) is 0 Å². The third kappa shape index (κ3) is 0.589. The number of ether oxygens (including phenoxy) is 3. The van der Waals surface area contributed by atoms with Gasteiger partial charge in [-0.25, -0.2) is 0 Å². The highest BCUT2D eigenvalue weighted by Crippen LogP contribution is 2.64. The molecule has 3 saturated heterocycles. The van der Waals surface area contributed by atoms with Gasteiger partial charge >= 0.3 is 0 Å². The lowest BCUT2D eigenvalue weighted by atomic mass is 9.75. The van der Waals surface area contributed by atoms with E-state index in [1.165, 1.54) is 19.3 Å². The van der Waals surface area contributed by atoms with Crippen LogP contribution in [-0.4, -0.2) is 24.8 Å². The molecule has 2 saturated carbocycles. The van der Waals surface area contributed by atoms with Gasteiger partial charge in [-0.05, 0) is 31.1 Å². The molecule has 3 heterocycles. The molecule has 0 amide bonds. The maximum absolute atomic E-state index is 5.98. The summed E-state index contributed by atoms with van der Waals surface area (Å²) in [5.74, 6) is 2.96. The van der Waals surface area contributed by atoms with Crippen molar-refractivity contribution in [3.8, 4) is 0 Å². The van der Waals surface area contributed by atoms with Crippen LogP contribution in [0.15, 0.2) is 0 Å². The zero-order valence-corrected chi connectivity index (χ0v) is 7.96. The molecule has 0 unspecified atom stereocenters. The van der Waals surface area contributed by atoms with E-state index in [9.17, 15) is 0 Å². The van der Waals surface area contributed by atoms with E-state index in [1.807, 2.05) is 0 Å². The molecule has 3 heteroatoms. The predicted molar refractivity (Wildman–Crippen MR) is 46.2 cm³/mol. The highest BCUT2D eigenvalue weighted by atomic mass is 16.8. The van der Waals surface area contributed by atoms with Crippen molar-refractivity contribution in [1.82, 2.24) is 0 Å². The first-order valence-corrected chi connectivity index (χ1v) is 5.88. The smallest absolute Gasteiger partial charge is 0.164 e. The Morgan fingerprint density at radius 1 is 0.714 bits per heavy atom. The maximum atomic E-state index is 5.98. The lowest BCUT2D eigenvalue weighted by molar-refractivity contribution is -0.268. The summed E-state index contributed by atoms with van der Waals surface area (Å²) in [6.07, 6.45) is 4.85. The van der Waals surface area contributed by atoms with E-state index >= 15 is 0 Å². The van der Waals surface area contributed by atoms with Gasteiger partial charge in [0.15, 0.2) is 12.6 Å². The van der Waals surface area contributed by atoms with Crippen molar-refractivity contribution in [2.45, 2.75) is 44.1 Å². The van der Waals surface area contributed by atoms with Crippen LogP contribution in [0.3, 0.4) is 0 Å². The summed E-state index contributed by atoms with van der Waals surface area (Å²) in [4.78, 5) is 0. The summed E-state index contributed by atoms with van der Waals surface area (Å²) in [5.41, 5.74) is 0. The second kappa shape index (κ2) is 2.04. The molecule has 0 radical (unpaired) electrons. The van der Waals surface area contributed by atoms with E-state index in [2.05, 4.69) is 0 Å². The van der Waals surface area contributed by atoms with Crippen LogP contribution in [-0.2, 0) is 14.2 Å². The first-order valence-electron chi connectivity index (χ1n) is 5.88. The highest BCUT2D eigenvalue weighted by Gasteiger charge is 2.68. The minimum absolute atomic E-state index is 0.0790. The van der Waals surface area contributed by atoms with E-state index in [0.29, 0.717) is 24.0 Å². The van der Waals surface area contributed by atoms with Gasteiger partial charge < -0.3 is 14.2 Å². The number of hydrogen-bond acceptors (Lipinski definition) is 3. The van der Waals surface area contributed by atoms with Crippen LogP contribution in [0.5, 0.6) is 0 Å². The SMILES string of the molecule is C1[C@@H]2[C@@H]3O[C@H]4O[C@H]5CC[C@@H](O3)[C@H]2[C@H]5[C@@H]14. The second-order valence-electron chi connectivity index (χ2n) is 5.52. The fourth-order valence-corrected chi connectivity index (χ4v) is 4.81. The van der Waals surface area contributed by atoms with Crippen LogP contribution >= 0.6 is 0 Å². The molecule has 3 aliphatic heterocycles. The zero-order chi connectivity index (χ0) is 8.86. The third-order valence-electron chi connectivity index (χ3n) is 5.16. The van der Waals surface area contributed by atoms with E-state index < -0.39 is 0 Å². The van der Waals surface area contributed by atoms with Gasteiger partial charge in [-0.3, -0.25) is 0 Å². The number of hydrogen-bond donors (Lipinski definition) is 0. The first-order chi connectivity index (χ1) is 6.92. The molecular formula is C11H14O3. The summed E-state index contributed by atoms with van der Waals surface area (Å²) in [5, 5.41) is 0. The second-order valence-corrected chi connectivity index (χ2v) is 5.52.